The summed E-state index contributed by atoms with van der Waals surface area (Å²) in [7, 11) is 1.82. The first-order valence-corrected chi connectivity index (χ1v) is 12.2. The lowest BCUT2D eigenvalue weighted by atomic mass is 10.1. The van der Waals surface area contributed by atoms with Crippen molar-refractivity contribution in [3.8, 4) is 17.1 Å². The molecule has 34 heavy (non-hydrogen) atoms. The van der Waals surface area contributed by atoms with Gasteiger partial charge in [0, 0.05) is 55.7 Å². The molecule has 9 heteroatoms. The number of hydrogen-bond acceptors (Lipinski definition) is 8. The van der Waals surface area contributed by atoms with E-state index in [-0.39, 0.29) is 0 Å². The smallest absolute Gasteiger partial charge is 0.140 e. The first kappa shape index (κ1) is 23.3. The maximum atomic E-state index is 7.55. The number of fused-ring (bicyclic) bond motifs is 1. The molecule has 4 aromatic rings. The van der Waals surface area contributed by atoms with Crippen molar-refractivity contribution in [1.29, 1.82) is 5.41 Å². The zero-order valence-corrected chi connectivity index (χ0v) is 20.0. The summed E-state index contributed by atoms with van der Waals surface area (Å²) in [5, 5.41) is 13.9. The Morgan fingerprint density at radius 3 is 2.76 bits per heavy atom. The summed E-state index contributed by atoms with van der Waals surface area (Å²) < 4.78 is 7.77. The van der Waals surface area contributed by atoms with Crippen molar-refractivity contribution in [2.75, 3.05) is 31.0 Å². The Kier molecular flexibility index (Phi) is 7.77. The standard InChI is InChI=1S/C25H27N7OS/c1-27-15-20(13-26)19-5-3-18(4-6-19)14-28-24-12-22(30-17-31-24)23-16-29-25-11-21(7-8-32(23)25)33-9-10-34-2/h3-8,11-13,15-17,26-27H,9-10,14H2,1-2H3,(H,28,30,31)/b20-15+,26-13?. The van der Waals surface area contributed by atoms with Crippen LogP contribution < -0.4 is 15.4 Å². The van der Waals surface area contributed by atoms with Gasteiger partial charge in [0.2, 0.25) is 0 Å². The fourth-order valence-corrected chi connectivity index (χ4v) is 3.70. The average Bonchev–Trinajstić information content (AvgIpc) is 3.30. The van der Waals surface area contributed by atoms with Crippen LogP contribution in [0.25, 0.3) is 22.6 Å². The summed E-state index contributed by atoms with van der Waals surface area (Å²) in [5.74, 6) is 2.49. The molecule has 0 saturated heterocycles. The van der Waals surface area contributed by atoms with Crippen LogP contribution in [0.1, 0.15) is 11.1 Å². The van der Waals surface area contributed by atoms with Gasteiger partial charge in [0.05, 0.1) is 24.2 Å². The van der Waals surface area contributed by atoms with Crippen LogP contribution in [0.4, 0.5) is 5.82 Å². The van der Waals surface area contributed by atoms with E-state index < -0.39 is 0 Å². The van der Waals surface area contributed by atoms with Crippen LogP contribution >= 0.6 is 11.8 Å². The van der Waals surface area contributed by atoms with E-state index in [0.29, 0.717) is 13.2 Å². The predicted molar refractivity (Wildman–Crippen MR) is 140 cm³/mol. The second-order valence-corrected chi connectivity index (χ2v) is 8.43. The fourth-order valence-electron chi connectivity index (χ4n) is 3.45. The molecule has 0 radical (unpaired) electrons. The minimum atomic E-state index is 0.621. The maximum absolute atomic E-state index is 7.55. The van der Waals surface area contributed by atoms with Crippen molar-refractivity contribution in [2.45, 2.75) is 6.54 Å². The summed E-state index contributed by atoms with van der Waals surface area (Å²) >= 11 is 1.76. The summed E-state index contributed by atoms with van der Waals surface area (Å²) in [6.07, 6.45) is 10.5. The third-order valence-electron chi connectivity index (χ3n) is 5.19. The van der Waals surface area contributed by atoms with Crippen LogP contribution in [-0.4, -0.2) is 51.2 Å². The molecule has 3 heterocycles. The normalized spacial score (nSPS) is 11.4. The van der Waals surface area contributed by atoms with Gasteiger partial charge in [0.1, 0.15) is 23.5 Å². The van der Waals surface area contributed by atoms with Gasteiger partial charge in [-0.25, -0.2) is 15.0 Å². The molecule has 0 aliphatic rings. The van der Waals surface area contributed by atoms with Crippen LogP contribution in [0, 0.1) is 5.41 Å². The molecule has 4 rings (SSSR count). The Morgan fingerprint density at radius 1 is 1.15 bits per heavy atom. The van der Waals surface area contributed by atoms with Gasteiger partial charge in [0.15, 0.2) is 0 Å². The number of anilines is 1. The fraction of sp³-hybridized carbons (Fsp3) is 0.200. The van der Waals surface area contributed by atoms with Gasteiger partial charge in [-0.15, -0.1) is 0 Å². The second-order valence-electron chi connectivity index (χ2n) is 7.45. The molecular weight excluding hydrogens is 446 g/mol. The molecule has 0 amide bonds. The summed E-state index contributed by atoms with van der Waals surface area (Å²) in [6.45, 7) is 1.29. The Hall–Kier alpha value is -3.85. The number of imidazole rings is 1. The number of thioether (sulfide) groups is 1. The van der Waals surface area contributed by atoms with Gasteiger partial charge in [-0.3, -0.25) is 4.40 Å². The van der Waals surface area contributed by atoms with Gasteiger partial charge < -0.3 is 20.8 Å². The highest BCUT2D eigenvalue weighted by atomic mass is 32.2. The lowest BCUT2D eigenvalue weighted by Crippen LogP contribution is -2.03. The Labute approximate surface area is 203 Å². The van der Waals surface area contributed by atoms with Crippen LogP contribution in [0.3, 0.4) is 0 Å². The molecule has 0 aliphatic carbocycles. The largest absolute Gasteiger partial charge is 0.493 e. The predicted octanol–water partition coefficient (Wildman–Crippen LogP) is 4.36. The summed E-state index contributed by atoms with van der Waals surface area (Å²) in [6, 6.07) is 13.9. The van der Waals surface area contributed by atoms with Crippen LogP contribution in [-0.2, 0) is 6.54 Å². The van der Waals surface area contributed by atoms with Gasteiger partial charge in [0.25, 0.3) is 0 Å². The summed E-state index contributed by atoms with van der Waals surface area (Å²) in [4.78, 5) is 13.3. The number of aromatic nitrogens is 4. The van der Waals surface area contributed by atoms with Crippen LogP contribution in [0.15, 0.2) is 67.4 Å². The van der Waals surface area contributed by atoms with E-state index in [1.54, 1.807) is 18.1 Å². The van der Waals surface area contributed by atoms with Gasteiger partial charge in [-0.05, 0) is 23.4 Å². The topological polar surface area (TPSA) is 100 Å². The highest BCUT2D eigenvalue weighted by molar-refractivity contribution is 7.98. The Balaban J connectivity index is 1.45. The molecule has 8 nitrogen and oxygen atoms in total. The molecule has 0 aliphatic heterocycles. The lowest BCUT2D eigenvalue weighted by Gasteiger charge is -2.09. The molecule has 1 aromatic carbocycles. The highest BCUT2D eigenvalue weighted by Gasteiger charge is 2.10. The number of pyridine rings is 1. The first-order valence-electron chi connectivity index (χ1n) is 10.8. The van der Waals surface area contributed by atoms with E-state index in [4.69, 9.17) is 10.1 Å². The number of rotatable bonds is 11. The third-order valence-corrected chi connectivity index (χ3v) is 5.76. The molecule has 3 aromatic heterocycles. The number of nitrogens with one attached hydrogen (secondary N) is 3. The zero-order valence-electron chi connectivity index (χ0n) is 19.2. The number of nitrogens with zero attached hydrogens (tertiary/aromatic N) is 4. The Bertz CT molecular complexity index is 1280. The van der Waals surface area contributed by atoms with Gasteiger partial charge in [-0.1, -0.05) is 24.3 Å². The third kappa shape index (κ3) is 5.55. The van der Waals surface area contributed by atoms with Crippen molar-refractivity contribution in [2.24, 2.45) is 0 Å². The second kappa shape index (κ2) is 11.3. The quantitative estimate of drug-likeness (QED) is 0.220. The monoisotopic (exact) mass is 473 g/mol. The molecule has 0 bridgehead atoms. The van der Waals surface area contributed by atoms with E-state index in [9.17, 15) is 0 Å². The minimum Gasteiger partial charge on any atom is -0.493 e. The molecule has 0 spiro atoms. The lowest BCUT2D eigenvalue weighted by molar-refractivity contribution is 0.344. The van der Waals surface area contributed by atoms with E-state index in [2.05, 4.69) is 31.8 Å². The maximum Gasteiger partial charge on any atom is 0.140 e. The molecule has 3 N–H and O–H groups in total. The van der Waals surface area contributed by atoms with Gasteiger partial charge in [-0.2, -0.15) is 11.8 Å². The van der Waals surface area contributed by atoms with Crippen molar-refractivity contribution in [3.05, 3.63) is 78.5 Å². The van der Waals surface area contributed by atoms with Crippen molar-refractivity contribution >= 4 is 35.0 Å². The molecule has 0 saturated carbocycles. The molecule has 0 fully saturated rings. The van der Waals surface area contributed by atoms with E-state index in [1.165, 1.54) is 6.21 Å². The summed E-state index contributed by atoms with van der Waals surface area (Å²) in [5.41, 5.74) is 5.40. The van der Waals surface area contributed by atoms with Crippen molar-refractivity contribution in [1.82, 2.24) is 24.7 Å². The van der Waals surface area contributed by atoms with Crippen LogP contribution in [0.5, 0.6) is 5.75 Å². The molecule has 0 atom stereocenters. The average molecular weight is 474 g/mol. The Morgan fingerprint density at radius 2 is 2.00 bits per heavy atom. The van der Waals surface area contributed by atoms with E-state index in [1.807, 2.05) is 72.5 Å². The molecule has 174 valence electrons. The van der Waals surface area contributed by atoms with Crippen molar-refractivity contribution < 1.29 is 4.74 Å². The number of ether oxygens (including phenoxy) is 1. The van der Waals surface area contributed by atoms with E-state index >= 15 is 0 Å². The molecule has 0 unspecified atom stereocenters. The number of allylic oxidation sites excluding steroid dienone is 1. The first-order chi connectivity index (χ1) is 16.7. The van der Waals surface area contributed by atoms with Gasteiger partial charge >= 0.3 is 0 Å². The molecular formula is C25H27N7OS. The SMILES string of the molecule is CN/C=C(\C=N)c1ccc(CNc2cc(-c3cnc4cc(OCCSC)ccn34)ncn2)cc1. The zero-order chi connectivity index (χ0) is 23.8. The highest BCUT2D eigenvalue weighted by Crippen LogP contribution is 2.23. The van der Waals surface area contributed by atoms with Crippen molar-refractivity contribution in [3.63, 3.8) is 0 Å². The van der Waals surface area contributed by atoms with Crippen LogP contribution in [0.2, 0.25) is 0 Å². The van der Waals surface area contributed by atoms with E-state index in [0.717, 1.165) is 51.1 Å². The minimum absolute atomic E-state index is 0.621. The number of benzene rings is 1. The number of hydrogen-bond donors (Lipinski definition) is 3.